The maximum Gasteiger partial charge on any atom is 0.363 e. The Labute approximate surface area is 128 Å². The molecule has 1 aromatic heterocycles. The second-order valence-electron chi connectivity index (χ2n) is 5.28. The van der Waals surface area contributed by atoms with Crippen LogP contribution in [0.2, 0.25) is 0 Å². The monoisotopic (exact) mass is 295 g/mol. The molecule has 0 saturated carbocycles. The summed E-state index contributed by atoms with van der Waals surface area (Å²) in [7, 11) is 0. The second kappa shape index (κ2) is 5.60. The number of aryl methyl sites for hydroxylation is 1. The lowest BCUT2D eigenvalue weighted by atomic mass is 10.1. The molecule has 2 aromatic rings. The number of cyclic esters (lactones) is 1. The summed E-state index contributed by atoms with van der Waals surface area (Å²) < 4.78 is 6.88. The summed E-state index contributed by atoms with van der Waals surface area (Å²) in [5.41, 5.74) is 4.29. The van der Waals surface area contributed by atoms with Crippen LogP contribution in [-0.2, 0) is 16.1 Å². The number of hydrogen-bond acceptors (Lipinski definition) is 4. The van der Waals surface area contributed by atoms with Crippen LogP contribution in [0, 0.1) is 13.8 Å². The lowest BCUT2D eigenvalue weighted by Gasteiger charge is -2.04. The van der Waals surface area contributed by atoms with Crippen molar-refractivity contribution in [2.75, 3.05) is 0 Å². The molecule has 0 atom stereocenters. The maximum absolute atomic E-state index is 11.7. The van der Waals surface area contributed by atoms with Crippen molar-refractivity contribution in [1.82, 2.24) is 9.78 Å². The van der Waals surface area contributed by atoms with Gasteiger partial charge in [0.1, 0.15) is 0 Å². The van der Waals surface area contributed by atoms with Crippen LogP contribution in [0.3, 0.4) is 0 Å². The van der Waals surface area contributed by atoms with E-state index in [-0.39, 0.29) is 0 Å². The Kier molecular flexibility index (Phi) is 3.63. The number of rotatable bonds is 3. The van der Waals surface area contributed by atoms with Crippen LogP contribution in [0.5, 0.6) is 0 Å². The Morgan fingerprint density at radius 3 is 2.55 bits per heavy atom. The number of hydrogen-bond donors (Lipinski definition) is 0. The van der Waals surface area contributed by atoms with Crippen LogP contribution in [0.25, 0.3) is 6.08 Å². The molecule has 3 rings (SSSR count). The fourth-order valence-corrected chi connectivity index (χ4v) is 2.48. The summed E-state index contributed by atoms with van der Waals surface area (Å²) in [5, 5.41) is 4.56. The minimum atomic E-state index is -0.410. The van der Waals surface area contributed by atoms with Crippen molar-refractivity contribution >= 4 is 17.9 Å². The van der Waals surface area contributed by atoms with Gasteiger partial charge in [0, 0.05) is 18.2 Å². The normalized spacial score (nSPS) is 16.0. The molecule has 1 aromatic carbocycles. The van der Waals surface area contributed by atoms with Crippen LogP contribution in [0.4, 0.5) is 0 Å². The van der Waals surface area contributed by atoms with Gasteiger partial charge in [0.25, 0.3) is 0 Å². The zero-order valence-electron chi connectivity index (χ0n) is 12.8. The van der Waals surface area contributed by atoms with Gasteiger partial charge in [-0.25, -0.2) is 9.79 Å². The van der Waals surface area contributed by atoms with Crippen molar-refractivity contribution in [2.45, 2.75) is 27.3 Å². The van der Waals surface area contributed by atoms with E-state index in [2.05, 4.69) is 22.2 Å². The van der Waals surface area contributed by atoms with Crippen LogP contribution in [-0.4, -0.2) is 21.6 Å². The summed E-state index contributed by atoms with van der Waals surface area (Å²) in [6.45, 7) is 6.28. The molecule has 0 radical (unpaired) electrons. The molecule has 2 heterocycles. The van der Waals surface area contributed by atoms with E-state index in [4.69, 9.17) is 4.74 Å². The summed E-state index contributed by atoms with van der Waals surface area (Å²) >= 11 is 0. The van der Waals surface area contributed by atoms with Gasteiger partial charge in [0.2, 0.25) is 0 Å². The zero-order valence-corrected chi connectivity index (χ0v) is 12.8. The Hall–Kier alpha value is -2.69. The minimum absolute atomic E-state index is 0.322. The molecule has 0 fully saturated rings. The molecule has 22 heavy (non-hydrogen) atoms. The lowest BCUT2D eigenvalue weighted by Crippen LogP contribution is -2.04. The SMILES string of the molecule is CC1=N/C(=C\c2c(C)nn(Cc3ccccc3)c2C)C(=O)O1. The average Bonchev–Trinajstić information content (AvgIpc) is 2.94. The number of carbonyl (C=O) groups excluding carboxylic acids is 1. The molecule has 0 N–H and O–H groups in total. The summed E-state index contributed by atoms with van der Waals surface area (Å²) in [4.78, 5) is 15.8. The maximum atomic E-state index is 11.7. The minimum Gasteiger partial charge on any atom is -0.407 e. The fraction of sp³-hybridized carbons (Fsp3) is 0.235. The van der Waals surface area contributed by atoms with Crippen LogP contribution < -0.4 is 0 Å². The van der Waals surface area contributed by atoms with Gasteiger partial charge in [0.05, 0.1) is 12.2 Å². The number of benzene rings is 1. The van der Waals surface area contributed by atoms with E-state index in [0.29, 0.717) is 18.1 Å². The Morgan fingerprint density at radius 2 is 1.91 bits per heavy atom. The van der Waals surface area contributed by atoms with E-state index < -0.39 is 5.97 Å². The quantitative estimate of drug-likeness (QED) is 0.646. The Balaban J connectivity index is 1.94. The molecular weight excluding hydrogens is 278 g/mol. The van der Waals surface area contributed by atoms with Gasteiger partial charge in [-0.15, -0.1) is 0 Å². The first-order chi connectivity index (χ1) is 10.5. The van der Waals surface area contributed by atoms with Gasteiger partial charge < -0.3 is 4.74 Å². The van der Waals surface area contributed by atoms with Gasteiger partial charge in [0.15, 0.2) is 11.6 Å². The molecule has 0 saturated heterocycles. The zero-order chi connectivity index (χ0) is 15.7. The van der Waals surface area contributed by atoms with Crippen molar-refractivity contribution in [3.8, 4) is 0 Å². The second-order valence-corrected chi connectivity index (χ2v) is 5.28. The topological polar surface area (TPSA) is 56.5 Å². The number of nitrogens with zero attached hydrogens (tertiary/aromatic N) is 3. The molecule has 0 spiro atoms. The average molecular weight is 295 g/mol. The van der Waals surface area contributed by atoms with Crippen molar-refractivity contribution < 1.29 is 9.53 Å². The number of aromatic nitrogens is 2. The highest BCUT2D eigenvalue weighted by Gasteiger charge is 2.21. The van der Waals surface area contributed by atoms with E-state index in [1.807, 2.05) is 36.7 Å². The van der Waals surface area contributed by atoms with Crippen LogP contribution in [0.15, 0.2) is 41.0 Å². The van der Waals surface area contributed by atoms with E-state index in [0.717, 1.165) is 17.0 Å². The van der Waals surface area contributed by atoms with Crippen molar-refractivity contribution in [3.63, 3.8) is 0 Å². The van der Waals surface area contributed by atoms with Gasteiger partial charge in [-0.1, -0.05) is 30.3 Å². The summed E-state index contributed by atoms with van der Waals surface area (Å²) in [5.74, 6) is -0.0321. The standard InChI is InChI=1S/C17H17N3O2/c1-11-15(9-16-17(21)22-13(3)18-16)12(2)20(19-11)10-14-7-5-4-6-8-14/h4-9H,10H2,1-3H3/b16-9-. The fourth-order valence-electron chi connectivity index (χ4n) is 2.48. The van der Waals surface area contributed by atoms with Gasteiger partial charge >= 0.3 is 5.97 Å². The first-order valence-corrected chi connectivity index (χ1v) is 7.11. The van der Waals surface area contributed by atoms with Crippen LogP contribution >= 0.6 is 0 Å². The highest BCUT2D eigenvalue weighted by molar-refractivity contribution is 6.06. The largest absolute Gasteiger partial charge is 0.407 e. The third kappa shape index (κ3) is 2.70. The van der Waals surface area contributed by atoms with Gasteiger partial charge in [-0.2, -0.15) is 5.10 Å². The third-order valence-electron chi connectivity index (χ3n) is 3.62. The van der Waals surface area contributed by atoms with Gasteiger partial charge in [-0.05, 0) is 25.5 Å². The molecule has 0 unspecified atom stereocenters. The van der Waals surface area contributed by atoms with Crippen LogP contribution in [0.1, 0.15) is 29.4 Å². The van der Waals surface area contributed by atoms with E-state index >= 15 is 0 Å². The first-order valence-electron chi connectivity index (χ1n) is 7.11. The van der Waals surface area contributed by atoms with Crippen molar-refractivity contribution in [2.24, 2.45) is 4.99 Å². The van der Waals surface area contributed by atoms with E-state index in [1.165, 1.54) is 5.56 Å². The molecule has 112 valence electrons. The van der Waals surface area contributed by atoms with Gasteiger partial charge in [-0.3, -0.25) is 4.68 Å². The number of esters is 1. The Bertz CT molecular complexity index is 786. The van der Waals surface area contributed by atoms with Crippen molar-refractivity contribution in [3.05, 3.63) is 58.5 Å². The number of ether oxygens (including phenoxy) is 1. The Morgan fingerprint density at radius 1 is 1.18 bits per heavy atom. The van der Waals surface area contributed by atoms with E-state index in [1.54, 1.807) is 13.0 Å². The highest BCUT2D eigenvalue weighted by atomic mass is 16.6. The molecule has 0 aliphatic carbocycles. The molecule has 5 heteroatoms. The summed E-state index contributed by atoms with van der Waals surface area (Å²) in [6, 6.07) is 10.1. The smallest absolute Gasteiger partial charge is 0.363 e. The molecule has 5 nitrogen and oxygen atoms in total. The molecule has 1 aliphatic rings. The molecular formula is C17H17N3O2. The third-order valence-corrected chi connectivity index (χ3v) is 3.62. The highest BCUT2D eigenvalue weighted by Crippen LogP contribution is 2.21. The predicted molar refractivity (Wildman–Crippen MR) is 84.4 cm³/mol. The molecule has 0 amide bonds. The van der Waals surface area contributed by atoms with Crippen molar-refractivity contribution in [1.29, 1.82) is 0 Å². The number of carbonyl (C=O) groups is 1. The lowest BCUT2D eigenvalue weighted by molar-refractivity contribution is -0.130. The number of aliphatic imine (C=N–C) groups is 1. The summed E-state index contributed by atoms with van der Waals surface area (Å²) in [6.07, 6.45) is 1.75. The predicted octanol–water partition coefficient (Wildman–Crippen LogP) is 2.86. The first kappa shape index (κ1) is 14.3. The van der Waals surface area contributed by atoms with E-state index in [9.17, 15) is 4.79 Å². The molecule has 1 aliphatic heterocycles. The molecule has 0 bridgehead atoms.